The summed E-state index contributed by atoms with van der Waals surface area (Å²) in [5.74, 6) is -0.177. The van der Waals surface area contributed by atoms with Crippen molar-refractivity contribution in [2.24, 2.45) is 0 Å². The molecule has 0 bridgehead atoms. The number of likely N-dealkylation sites (N-methyl/N-ethyl adjacent to an activating group) is 1. The molecule has 0 aliphatic heterocycles. The number of H-pyrrole nitrogens is 1. The van der Waals surface area contributed by atoms with Crippen LogP contribution in [-0.4, -0.2) is 64.6 Å². The van der Waals surface area contributed by atoms with Gasteiger partial charge in [-0.1, -0.05) is 18.2 Å². The number of pyridine rings is 1. The number of amides is 3. The zero-order valence-electron chi connectivity index (χ0n) is 19.8. The van der Waals surface area contributed by atoms with Crippen molar-refractivity contribution in [3.63, 3.8) is 0 Å². The number of fused-ring (bicyclic) bond motifs is 1. The summed E-state index contributed by atoms with van der Waals surface area (Å²) in [6, 6.07) is 9.67. The van der Waals surface area contributed by atoms with E-state index in [-0.39, 0.29) is 24.6 Å². The first-order valence-electron chi connectivity index (χ1n) is 10.9. The maximum absolute atomic E-state index is 13.0. The second kappa shape index (κ2) is 11.6. The predicted octanol–water partition coefficient (Wildman–Crippen LogP) is 1.86. The molecule has 2 heterocycles. The molecule has 11 heteroatoms. The van der Waals surface area contributed by atoms with E-state index in [2.05, 4.69) is 25.3 Å². The van der Waals surface area contributed by atoms with Gasteiger partial charge in [0.05, 0.1) is 24.7 Å². The zero-order valence-corrected chi connectivity index (χ0v) is 19.8. The van der Waals surface area contributed by atoms with Gasteiger partial charge in [-0.3, -0.25) is 14.4 Å². The lowest BCUT2D eigenvalue weighted by Crippen LogP contribution is -2.44. The Morgan fingerprint density at radius 2 is 1.97 bits per heavy atom. The lowest BCUT2D eigenvalue weighted by molar-refractivity contribution is -0.123. The first-order chi connectivity index (χ1) is 16.8. The lowest BCUT2D eigenvalue weighted by atomic mass is 10.1. The number of imidazole rings is 1. The van der Waals surface area contributed by atoms with Crippen LogP contribution < -0.4 is 16.2 Å². The van der Waals surface area contributed by atoms with Crippen molar-refractivity contribution < 1.29 is 19.1 Å². The second-order valence-corrected chi connectivity index (χ2v) is 7.95. The van der Waals surface area contributed by atoms with Gasteiger partial charge >= 0.3 is 6.09 Å². The molecule has 0 radical (unpaired) electrons. The molecule has 1 unspecified atom stereocenters. The van der Waals surface area contributed by atoms with Gasteiger partial charge in [0, 0.05) is 20.3 Å². The highest BCUT2D eigenvalue weighted by Gasteiger charge is 2.22. The van der Waals surface area contributed by atoms with Crippen molar-refractivity contribution >= 4 is 34.6 Å². The minimum atomic E-state index is -0.981. The fraction of sp³-hybridized carbons (Fsp3) is 0.292. The standard InChI is InChI=1S/C24H28N6O5/c1-29(2)21(31)13-7-6-11-18(28-24(34)35-3)22(32)27-19-12-8-14-30(23(19)33)15-20-25-16-9-4-5-10-17(16)26-20/h4-5,7-10,12-14,18H,6,11,15H2,1-3H3,(H,25,26)(H,27,32)(H,28,34). The number of carbonyl (C=O) groups excluding carboxylic acids is 3. The molecule has 1 atom stereocenters. The average Bonchev–Trinajstić information content (AvgIpc) is 3.25. The van der Waals surface area contributed by atoms with Crippen LogP contribution in [0.15, 0.2) is 59.5 Å². The molecular weight excluding hydrogens is 452 g/mol. The Morgan fingerprint density at radius 1 is 1.20 bits per heavy atom. The summed E-state index contributed by atoms with van der Waals surface area (Å²) < 4.78 is 6.03. The summed E-state index contributed by atoms with van der Waals surface area (Å²) in [7, 11) is 4.44. The van der Waals surface area contributed by atoms with E-state index in [9.17, 15) is 19.2 Å². The van der Waals surface area contributed by atoms with Gasteiger partial charge in [-0.2, -0.15) is 0 Å². The topological polar surface area (TPSA) is 138 Å². The summed E-state index contributed by atoms with van der Waals surface area (Å²) in [6.45, 7) is 0.186. The zero-order chi connectivity index (χ0) is 25.4. The smallest absolute Gasteiger partial charge is 0.407 e. The van der Waals surface area contributed by atoms with Gasteiger partial charge < -0.3 is 29.8 Å². The molecule has 2 aromatic heterocycles. The van der Waals surface area contributed by atoms with Crippen LogP contribution in [0.4, 0.5) is 10.5 Å². The molecule has 0 aliphatic carbocycles. The average molecular weight is 481 g/mol. The molecule has 3 amide bonds. The first-order valence-corrected chi connectivity index (χ1v) is 10.9. The number of nitrogens with one attached hydrogen (secondary N) is 3. The number of anilines is 1. The molecule has 3 rings (SSSR count). The van der Waals surface area contributed by atoms with E-state index in [1.54, 1.807) is 32.4 Å². The fourth-order valence-electron chi connectivity index (χ4n) is 3.28. The summed E-state index contributed by atoms with van der Waals surface area (Å²) in [5, 5.41) is 5.05. The van der Waals surface area contributed by atoms with Gasteiger partial charge in [0.2, 0.25) is 11.8 Å². The lowest BCUT2D eigenvalue weighted by Gasteiger charge is -2.17. The van der Waals surface area contributed by atoms with Crippen LogP contribution in [-0.2, 0) is 20.9 Å². The summed E-state index contributed by atoms with van der Waals surface area (Å²) in [5.41, 5.74) is 1.29. The number of rotatable bonds is 9. The molecule has 0 spiro atoms. The van der Waals surface area contributed by atoms with E-state index >= 15 is 0 Å². The number of methoxy groups -OCH3 is 1. The van der Waals surface area contributed by atoms with Crippen LogP contribution in [0.1, 0.15) is 18.7 Å². The van der Waals surface area contributed by atoms with Gasteiger partial charge in [-0.25, -0.2) is 9.78 Å². The molecule has 0 fully saturated rings. The number of hydrogen-bond acceptors (Lipinski definition) is 6. The Bertz CT molecular complexity index is 1260. The van der Waals surface area contributed by atoms with Crippen molar-refractivity contribution in [2.45, 2.75) is 25.4 Å². The third-order valence-electron chi connectivity index (χ3n) is 5.15. The summed E-state index contributed by atoms with van der Waals surface area (Å²) in [4.78, 5) is 58.3. The minimum absolute atomic E-state index is 0.0589. The highest BCUT2D eigenvalue weighted by Crippen LogP contribution is 2.11. The molecule has 0 saturated heterocycles. The maximum Gasteiger partial charge on any atom is 0.407 e. The van der Waals surface area contributed by atoms with E-state index in [4.69, 9.17) is 0 Å². The van der Waals surface area contributed by atoms with Gasteiger partial charge in [0.1, 0.15) is 17.6 Å². The van der Waals surface area contributed by atoms with Crippen LogP contribution in [0.2, 0.25) is 0 Å². The van der Waals surface area contributed by atoms with Crippen molar-refractivity contribution in [1.82, 2.24) is 24.8 Å². The predicted molar refractivity (Wildman–Crippen MR) is 131 cm³/mol. The fourth-order valence-corrected chi connectivity index (χ4v) is 3.28. The number of alkyl carbamates (subject to hydrolysis) is 1. The van der Waals surface area contributed by atoms with E-state index in [1.165, 1.54) is 28.7 Å². The van der Waals surface area contributed by atoms with Gasteiger partial charge in [0.15, 0.2) is 0 Å². The maximum atomic E-state index is 13.0. The molecule has 184 valence electrons. The van der Waals surface area contributed by atoms with Crippen LogP contribution in [0, 0.1) is 0 Å². The first kappa shape index (κ1) is 25.2. The second-order valence-electron chi connectivity index (χ2n) is 7.95. The number of para-hydroxylation sites is 2. The van der Waals surface area contributed by atoms with Crippen molar-refractivity contribution in [2.75, 3.05) is 26.5 Å². The summed E-state index contributed by atoms with van der Waals surface area (Å²) in [6.07, 6.45) is 4.35. The number of ether oxygens (including phenoxy) is 1. The van der Waals surface area contributed by atoms with Gasteiger partial charge in [-0.05, 0) is 43.2 Å². The number of aromatic amines is 1. The Balaban J connectivity index is 1.71. The van der Waals surface area contributed by atoms with Crippen molar-refractivity contribution in [3.8, 4) is 0 Å². The number of nitrogens with zero attached hydrogens (tertiary/aromatic N) is 3. The Kier molecular flexibility index (Phi) is 8.38. The van der Waals surface area contributed by atoms with E-state index in [0.717, 1.165) is 11.0 Å². The number of carbonyl (C=O) groups is 3. The summed E-state index contributed by atoms with van der Waals surface area (Å²) >= 11 is 0. The van der Waals surface area contributed by atoms with E-state index < -0.39 is 23.6 Å². The SMILES string of the molecule is COC(=O)NC(CCC=CC(=O)N(C)C)C(=O)Nc1cccn(Cc2nc3ccccc3[nH]2)c1=O. The molecule has 11 nitrogen and oxygen atoms in total. The molecule has 35 heavy (non-hydrogen) atoms. The third kappa shape index (κ3) is 6.79. The molecule has 1 aromatic carbocycles. The molecule has 3 N–H and O–H groups in total. The highest BCUT2D eigenvalue weighted by atomic mass is 16.5. The Labute approximate surface area is 201 Å². The number of allylic oxidation sites excluding steroid dienone is 1. The third-order valence-corrected chi connectivity index (χ3v) is 5.15. The highest BCUT2D eigenvalue weighted by molar-refractivity contribution is 5.96. The molecular formula is C24H28N6O5. The minimum Gasteiger partial charge on any atom is -0.453 e. The van der Waals surface area contributed by atoms with Gasteiger partial charge in [-0.15, -0.1) is 0 Å². The quantitative estimate of drug-likeness (QED) is 0.400. The normalized spacial score (nSPS) is 11.9. The van der Waals surface area contributed by atoms with Crippen LogP contribution in [0.3, 0.4) is 0 Å². The molecule has 0 aliphatic rings. The Hall–Kier alpha value is -4.41. The van der Waals surface area contributed by atoms with E-state index in [1.807, 2.05) is 24.3 Å². The van der Waals surface area contributed by atoms with Crippen LogP contribution in [0.5, 0.6) is 0 Å². The van der Waals surface area contributed by atoms with Crippen molar-refractivity contribution in [3.05, 3.63) is 70.9 Å². The van der Waals surface area contributed by atoms with Crippen LogP contribution in [0.25, 0.3) is 11.0 Å². The van der Waals surface area contributed by atoms with Gasteiger partial charge in [0.25, 0.3) is 5.56 Å². The number of hydrogen-bond donors (Lipinski definition) is 3. The largest absolute Gasteiger partial charge is 0.453 e. The number of benzene rings is 1. The molecule has 0 saturated carbocycles. The monoisotopic (exact) mass is 480 g/mol. The van der Waals surface area contributed by atoms with E-state index in [0.29, 0.717) is 12.2 Å². The Morgan fingerprint density at radius 3 is 2.69 bits per heavy atom. The number of aromatic nitrogens is 3. The van der Waals surface area contributed by atoms with Crippen molar-refractivity contribution in [1.29, 1.82) is 0 Å². The molecule has 3 aromatic rings. The van der Waals surface area contributed by atoms with Crippen LogP contribution >= 0.6 is 0 Å².